The lowest BCUT2D eigenvalue weighted by Crippen LogP contribution is -2.48. The number of aromatic nitrogens is 3. The fourth-order valence-corrected chi connectivity index (χ4v) is 4.52. The van der Waals surface area contributed by atoms with Crippen LogP contribution in [0.5, 0.6) is 0 Å². The van der Waals surface area contributed by atoms with E-state index in [2.05, 4.69) is 20.7 Å². The van der Waals surface area contributed by atoms with Gasteiger partial charge in [-0.25, -0.2) is 9.67 Å². The summed E-state index contributed by atoms with van der Waals surface area (Å²) in [5, 5.41) is 12.0. The summed E-state index contributed by atoms with van der Waals surface area (Å²) >= 11 is 12.6. The molecule has 2 aliphatic rings. The maximum Gasteiger partial charge on any atom is 0.291 e. The molecule has 2 bridgehead atoms. The number of nitrogens with one attached hydrogen (secondary N) is 2. The molecule has 6 nitrogen and oxygen atoms in total. The highest BCUT2D eigenvalue weighted by atomic mass is 35.5. The Morgan fingerprint density at radius 1 is 1.26 bits per heavy atom. The van der Waals surface area contributed by atoms with Crippen molar-refractivity contribution in [1.29, 1.82) is 0 Å². The van der Waals surface area contributed by atoms with Crippen LogP contribution in [0.4, 0.5) is 0 Å². The number of carbonyl (C=O) groups excluding carboxylic acids is 1. The molecule has 2 aliphatic heterocycles. The summed E-state index contributed by atoms with van der Waals surface area (Å²) in [5.74, 6) is 0.562. The minimum atomic E-state index is -0.243. The van der Waals surface area contributed by atoms with Gasteiger partial charge in [-0.05, 0) is 37.8 Å². The van der Waals surface area contributed by atoms with Gasteiger partial charge in [0, 0.05) is 24.5 Å². The van der Waals surface area contributed by atoms with Crippen LogP contribution in [0.15, 0.2) is 18.2 Å². The molecule has 2 N–H and O–H groups in total. The highest BCUT2D eigenvalue weighted by molar-refractivity contribution is 6.37. The van der Waals surface area contributed by atoms with Crippen molar-refractivity contribution in [3.8, 4) is 5.69 Å². The van der Waals surface area contributed by atoms with Gasteiger partial charge in [-0.2, -0.15) is 0 Å². The Hall–Kier alpha value is -1.34. The second-order valence-corrected chi connectivity index (χ2v) is 7.78. The molecule has 0 spiro atoms. The van der Waals surface area contributed by atoms with Crippen molar-refractivity contribution in [3.05, 3.63) is 39.9 Å². The summed E-state index contributed by atoms with van der Waals surface area (Å²) in [6.07, 6.45) is 4.91. The quantitative estimate of drug-likeness (QED) is 0.778. The lowest BCUT2D eigenvalue weighted by molar-refractivity contribution is 0.0913. The van der Waals surface area contributed by atoms with E-state index < -0.39 is 0 Å². The van der Waals surface area contributed by atoms with Crippen molar-refractivity contribution in [2.75, 3.05) is 0 Å². The third-order valence-electron chi connectivity index (χ3n) is 5.15. The molecule has 0 aliphatic carbocycles. The van der Waals surface area contributed by atoms with E-state index in [-0.39, 0.29) is 30.2 Å². The average Bonchev–Trinajstić information content (AvgIpc) is 3.18. The van der Waals surface area contributed by atoms with Gasteiger partial charge in [-0.1, -0.05) is 36.2 Å². The Labute approximate surface area is 174 Å². The van der Waals surface area contributed by atoms with Crippen molar-refractivity contribution in [1.82, 2.24) is 25.4 Å². The average molecular weight is 431 g/mol. The van der Waals surface area contributed by atoms with Crippen LogP contribution >= 0.6 is 35.6 Å². The smallest absolute Gasteiger partial charge is 0.291 e. The number of carbonyl (C=O) groups is 1. The molecule has 27 heavy (non-hydrogen) atoms. The first-order valence-electron chi connectivity index (χ1n) is 9.02. The monoisotopic (exact) mass is 429 g/mol. The molecule has 0 saturated carbocycles. The zero-order valence-corrected chi connectivity index (χ0v) is 17.2. The fourth-order valence-electron chi connectivity index (χ4n) is 3.96. The lowest BCUT2D eigenvalue weighted by atomic mass is 10.00. The minimum Gasteiger partial charge on any atom is -0.346 e. The summed E-state index contributed by atoms with van der Waals surface area (Å²) in [6, 6.07) is 6.45. The molecule has 2 saturated heterocycles. The summed E-state index contributed by atoms with van der Waals surface area (Å²) in [4.78, 5) is 17.1. The van der Waals surface area contributed by atoms with E-state index in [0.717, 1.165) is 12.8 Å². The first kappa shape index (κ1) is 20.4. The number of aryl methyl sites for hydroxylation is 1. The van der Waals surface area contributed by atoms with Crippen LogP contribution in [-0.2, 0) is 6.42 Å². The molecule has 1 aromatic carbocycles. The molecule has 2 atom stereocenters. The van der Waals surface area contributed by atoms with E-state index in [1.807, 2.05) is 6.92 Å². The van der Waals surface area contributed by atoms with E-state index in [9.17, 15) is 4.79 Å². The van der Waals surface area contributed by atoms with E-state index in [4.69, 9.17) is 23.2 Å². The van der Waals surface area contributed by atoms with Gasteiger partial charge >= 0.3 is 0 Å². The highest BCUT2D eigenvalue weighted by Crippen LogP contribution is 2.29. The molecule has 4 rings (SSSR count). The number of rotatable bonds is 4. The molecule has 1 aromatic heterocycles. The van der Waals surface area contributed by atoms with E-state index in [1.54, 1.807) is 22.9 Å². The van der Waals surface area contributed by atoms with Crippen molar-refractivity contribution >= 4 is 41.5 Å². The number of piperidine rings is 1. The molecule has 3 heterocycles. The summed E-state index contributed by atoms with van der Waals surface area (Å²) < 4.78 is 1.58. The molecule has 2 fully saturated rings. The van der Waals surface area contributed by atoms with Crippen LogP contribution in [0.1, 0.15) is 49.1 Å². The lowest BCUT2D eigenvalue weighted by Gasteiger charge is -2.29. The molecule has 0 radical (unpaired) electrons. The second-order valence-electron chi connectivity index (χ2n) is 6.97. The standard InChI is InChI=1S/C18H21Cl2N5O.ClH/c1-2-15-23-17(24-25(15)16-13(19)4-3-5-14(16)20)18(26)22-12-8-10-6-7-11(9-12)21-10;/h3-5,10-12,21H,2,6-9H2,1H3,(H,22,26);1H. The Balaban J connectivity index is 0.00000210. The summed E-state index contributed by atoms with van der Waals surface area (Å²) in [5.41, 5.74) is 0.555. The van der Waals surface area contributed by atoms with Crippen molar-refractivity contribution in [3.63, 3.8) is 0 Å². The van der Waals surface area contributed by atoms with Crippen LogP contribution in [0.3, 0.4) is 0 Å². The van der Waals surface area contributed by atoms with Gasteiger partial charge in [0.2, 0.25) is 5.82 Å². The Kier molecular flexibility index (Phi) is 6.31. The largest absolute Gasteiger partial charge is 0.346 e. The van der Waals surface area contributed by atoms with Gasteiger partial charge in [0.05, 0.1) is 10.0 Å². The number of hydrogen-bond donors (Lipinski definition) is 2. The van der Waals surface area contributed by atoms with Crippen LogP contribution in [0, 0.1) is 0 Å². The number of para-hydroxylation sites is 1. The zero-order valence-electron chi connectivity index (χ0n) is 14.9. The summed E-state index contributed by atoms with van der Waals surface area (Å²) in [7, 11) is 0. The predicted molar refractivity (Wildman–Crippen MR) is 108 cm³/mol. The number of halogens is 3. The van der Waals surface area contributed by atoms with Crippen molar-refractivity contribution in [2.24, 2.45) is 0 Å². The van der Waals surface area contributed by atoms with E-state index >= 15 is 0 Å². The molecular weight excluding hydrogens is 409 g/mol. The second kappa shape index (κ2) is 8.35. The molecular formula is C18H22Cl3N5O. The molecule has 2 aromatic rings. The van der Waals surface area contributed by atoms with Crippen molar-refractivity contribution in [2.45, 2.75) is 57.2 Å². The van der Waals surface area contributed by atoms with Gasteiger partial charge in [-0.15, -0.1) is 17.5 Å². The number of fused-ring (bicyclic) bond motifs is 2. The van der Waals surface area contributed by atoms with Gasteiger partial charge < -0.3 is 10.6 Å². The van der Waals surface area contributed by atoms with Crippen LogP contribution in [0.2, 0.25) is 10.0 Å². The van der Waals surface area contributed by atoms with Crippen LogP contribution in [0.25, 0.3) is 5.69 Å². The number of benzene rings is 1. The first-order valence-corrected chi connectivity index (χ1v) is 9.78. The normalized spacial score (nSPS) is 23.7. The number of amides is 1. The van der Waals surface area contributed by atoms with Crippen LogP contribution in [-0.4, -0.2) is 38.8 Å². The fraction of sp³-hybridized carbons (Fsp3) is 0.500. The zero-order chi connectivity index (χ0) is 18.3. The SMILES string of the molecule is CCc1nc(C(=O)NC2CC3CCC(C2)N3)nn1-c1c(Cl)cccc1Cl.Cl. The van der Waals surface area contributed by atoms with Gasteiger partial charge in [0.25, 0.3) is 5.91 Å². The number of nitrogens with zero attached hydrogens (tertiary/aromatic N) is 3. The Morgan fingerprint density at radius 3 is 2.48 bits per heavy atom. The van der Waals surface area contributed by atoms with E-state index in [0.29, 0.717) is 40.1 Å². The highest BCUT2D eigenvalue weighted by Gasteiger charge is 2.34. The van der Waals surface area contributed by atoms with Gasteiger partial charge in [0.1, 0.15) is 11.5 Å². The minimum absolute atomic E-state index is 0. The topological polar surface area (TPSA) is 71.8 Å². The molecule has 1 amide bonds. The number of hydrogen-bond acceptors (Lipinski definition) is 4. The predicted octanol–water partition coefficient (Wildman–Crippen LogP) is 3.57. The third kappa shape index (κ3) is 4.09. The third-order valence-corrected chi connectivity index (χ3v) is 5.76. The first-order chi connectivity index (χ1) is 12.5. The Morgan fingerprint density at radius 2 is 1.89 bits per heavy atom. The maximum absolute atomic E-state index is 12.7. The van der Waals surface area contributed by atoms with E-state index in [1.165, 1.54) is 12.8 Å². The molecule has 9 heteroatoms. The molecule has 2 unspecified atom stereocenters. The van der Waals surface area contributed by atoms with Crippen LogP contribution < -0.4 is 10.6 Å². The molecule has 146 valence electrons. The van der Waals surface area contributed by atoms with Gasteiger partial charge in [-0.3, -0.25) is 4.79 Å². The summed E-state index contributed by atoms with van der Waals surface area (Å²) in [6.45, 7) is 1.96. The van der Waals surface area contributed by atoms with Crippen molar-refractivity contribution < 1.29 is 4.79 Å². The Bertz CT molecular complexity index is 808. The maximum atomic E-state index is 12.7. The van der Waals surface area contributed by atoms with Gasteiger partial charge in [0.15, 0.2) is 0 Å².